The molecular formula is C22H19ClN2O2. The molecule has 0 atom stereocenters. The van der Waals surface area contributed by atoms with E-state index in [1.165, 1.54) is 0 Å². The molecule has 2 amide bonds. The molecule has 0 heterocycles. The second-order valence-electron chi connectivity index (χ2n) is 6.18. The first-order valence-electron chi connectivity index (χ1n) is 8.52. The molecule has 0 spiro atoms. The van der Waals surface area contributed by atoms with Crippen LogP contribution in [0.15, 0.2) is 72.8 Å². The second-order valence-corrected chi connectivity index (χ2v) is 6.59. The van der Waals surface area contributed by atoms with E-state index in [1.54, 1.807) is 48.5 Å². The molecule has 4 nitrogen and oxygen atoms in total. The number of carbonyl (C=O) groups excluding carboxylic acids is 2. The maximum atomic E-state index is 12.3. The number of aryl methyl sites for hydroxylation is 1. The van der Waals surface area contributed by atoms with E-state index in [-0.39, 0.29) is 11.8 Å². The zero-order valence-electron chi connectivity index (χ0n) is 14.8. The van der Waals surface area contributed by atoms with Crippen molar-refractivity contribution in [3.63, 3.8) is 0 Å². The predicted molar refractivity (Wildman–Crippen MR) is 108 cm³/mol. The molecule has 27 heavy (non-hydrogen) atoms. The van der Waals surface area contributed by atoms with Gasteiger partial charge in [0.15, 0.2) is 0 Å². The van der Waals surface area contributed by atoms with Gasteiger partial charge < -0.3 is 10.6 Å². The number of carbonyl (C=O) groups is 2. The highest BCUT2D eigenvalue weighted by atomic mass is 35.5. The first kappa shape index (κ1) is 18.7. The third kappa shape index (κ3) is 4.96. The SMILES string of the molecule is Cc1cccc(CNC(=O)c2ccc(C(=O)Nc3ccccc3Cl)cc2)c1. The van der Waals surface area contributed by atoms with Crippen LogP contribution in [0.1, 0.15) is 31.8 Å². The molecule has 0 bridgehead atoms. The molecule has 2 N–H and O–H groups in total. The number of anilines is 1. The van der Waals surface area contributed by atoms with Crippen molar-refractivity contribution in [1.82, 2.24) is 5.32 Å². The van der Waals surface area contributed by atoms with Gasteiger partial charge in [0.05, 0.1) is 10.7 Å². The van der Waals surface area contributed by atoms with Crippen molar-refractivity contribution in [2.75, 3.05) is 5.32 Å². The van der Waals surface area contributed by atoms with Gasteiger partial charge in [-0.2, -0.15) is 0 Å². The standard InChI is InChI=1S/C22H19ClN2O2/c1-15-5-4-6-16(13-15)14-24-21(26)17-9-11-18(12-10-17)22(27)25-20-8-3-2-7-19(20)23/h2-13H,14H2,1H3,(H,24,26)(H,25,27). The lowest BCUT2D eigenvalue weighted by Crippen LogP contribution is -2.23. The van der Waals surface area contributed by atoms with Gasteiger partial charge in [0.25, 0.3) is 11.8 Å². The molecule has 0 aliphatic carbocycles. The van der Waals surface area contributed by atoms with Crippen LogP contribution in [0, 0.1) is 6.92 Å². The highest BCUT2D eigenvalue weighted by molar-refractivity contribution is 6.33. The lowest BCUT2D eigenvalue weighted by molar-refractivity contribution is 0.0949. The van der Waals surface area contributed by atoms with Crippen LogP contribution >= 0.6 is 11.6 Å². The first-order chi connectivity index (χ1) is 13.0. The molecule has 0 aromatic heterocycles. The Balaban J connectivity index is 1.61. The van der Waals surface area contributed by atoms with Crippen LogP contribution in [0.4, 0.5) is 5.69 Å². The molecule has 136 valence electrons. The van der Waals surface area contributed by atoms with Gasteiger partial charge in [0.1, 0.15) is 0 Å². The van der Waals surface area contributed by atoms with Crippen LogP contribution in [-0.4, -0.2) is 11.8 Å². The molecule has 3 aromatic rings. The van der Waals surface area contributed by atoms with Crippen molar-refractivity contribution >= 4 is 29.1 Å². The van der Waals surface area contributed by atoms with Gasteiger partial charge in [-0.3, -0.25) is 9.59 Å². The third-order valence-electron chi connectivity index (χ3n) is 4.07. The molecule has 3 rings (SSSR count). The van der Waals surface area contributed by atoms with Crippen LogP contribution in [0.25, 0.3) is 0 Å². The fourth-order valence-corrected chi connectivity index (χ4v) is 2.82. The summed E-state index contributed by atoms with van der Waals surface area (Å²) in [7, 11) is 0. The van der Waals surface area contributed by atoms with E-state index in [0.717, 1.165) is 11.1 Å². The summed E-state index contributed by atoms with van der Waals surface area (Å²) in [5, 5.41) is 6.11. The maximum Gasteiger partial charge on any atom is 0.255 e. The average molecular weight is 379 g/mol. The minimum Gasteiger partial charge on any atom is -0.348 e. The molecule has 3 aromatic carbocycles. The molecule has 0 fully saturated rings. The van der Waals surface area contributed by atoms with Crippen molar-refractivity contribution in [3.05, 3.63) is 100 Å². The molecule has 0 saturated heterocycles. The monoisotopic (exact) mass is 378 g/mol. The number of halogens is 1. The number of amides is 2. The van der Waals surface area contributed by atoms with Gasteiger partial charge in [-0.25, -0.2) is 0 Å². The minimum absolute atomic E-state index is 0.186. The van der Waals surface area contributed by atoms with Gasteiger partial charge >= 0.3 is 0 Å². The minimum atomic E-state index is -0.283. The number of para-hydroxylation sites is 1. The van der Waals surface area contributed by atoms with E-state index >= 15 is 0 Å². The number of rotatable bonds is 5. The normalized spacial score (nSPS) is 10.3. The third-order valence-corrected chi connectivity index (χ3v) is 4.40. The Morgan fingerprint density at radius 2 is 1.52 bits per heavy atom. The number of hydrogen-bond donors (Lipinski definition) is 2. The lowest BCUT2D eigenvalue weighted by atomic mass is 10.1. The summed E-state index contributed by atoms with van der Waals surface area (Å²) in [5.74, 6) is -0.468. The van der Waals surface area contributed by atoms with E-state index in [1.807, 2.05) is 31.2 Å². The second kappa shape index (κ2) is 8.52. The van der Waals surface area contributed by atoms with Crippen molar-refractivity contribution < 1.29 is 9.59 Å². The van der Waals surface area contributed by atoms with E-state index < -0.39 is 0 Å². The van der Waals surface area contributed by atoms with E-state index in [2.05, 4.69) is 10.6 Å². The Hall–Kier alpha value is -3.11. The summed E-state index contributed by atoms with van der Waals surface area (Å²) < 4.78 is 0. The van der Waals surface area contributed by atoms with Crippen molar-refractivity contribution in [1.29, 1.82) is 0 Å². The Kier molecular flexibility index (Phi) is 5.89. The van der Waals surface area contributed by atoms with E-state index in [9.17, 15) is 9.59 Å². The predicted octanol–water partition coefficient (Wildman–Crippen LogP) is 4.83. The van der Waals surface area contributed by atoms with Gasteiger partial charge in [-0.1, -0.05) is 53.6 Å². The first-order valence-corrected chi connectivity index (χ1v) is 8.90. The van der Waals surface area contributed by atoms with Crippen LogP contribution < -0.4 is 10.6 Å². The summed E-state index contributed by atoms with van der Waals surface area (Å²) in [6, 6.07) is 21.5. The van der Waals surface area contributed by atoms with E-state index in [4.69, 9.17) is 11.6 Å². The smallest absolute Gasteiger partial charge is 0.255 e. The lowest BCUT2D eigenvalue weighted by Gasteiger charge is -2.08. The fourth-order valence-electron chi connectivity index (χ4n) is 2.64. The summed E-state index contributed by atoms with van der Waals surface area (Å²) in [6.45, 7) is 2.47. The van der Waals surface area contributed by atoms with Gasteiger partial charge in [-0.15, -0.1) is 0 Å². The molecule has 0 aliphatic heterocycles. The molecular weight excluding hydrogens is 360 g/mol. The Bertz CT molecular complexity index is 968. The van der Waals surface area contributed by atoms with E-state index in [0.29, 0.717) is 28.4 Å². The molecule has 0 aliphatic rings. The Labute approximate surface area is 163 Å². The van der Waals surface area contributed by atoms with Crippen LogP contribution in [0.2, 0.25) is 5.02 Å². The van der Waals surface area contributed by atoms with Gasteiger partial charge in [0.2, 0.25) is 0 Å². The van der Waals surface area contributed by atoms with Crippen LogP contribution in [0.5, 0.6) is 0 Å². The highest BCUT2D eigenvalue weighted by Crippen LogP contribution is 2.21. The summed E-state index contributed by atoms with van der Waals surface area (Å²) in [6.07, 6.45) is 0. The zero-order valence-corrected chi connectivity index (χ0v) is 15.6. The van der Waals surface area contributed by atoms with Crippen molar-refractivity contribution in [2.45, 2.75) is 13.5 Å². The molecule has 5 heteroatoms. The maximum absolute atomic E-state index is 12.3. The zero-order chi connectivity index (χ0) is 19.2. The Morgan fingerprint density at radius 3 is 2.19 bits per heavy atom. The number of hydrogen-bond acceptors (Lipinski definition) is 2. The molecule has 0 unspecified atom stereocenters. The average Bonchev–Trinajstić information content (AvgIpc) is 2.68. The van der Waals surface area contributed by atoms with Crippen LogP contribution in [-0.2, 0) is 6.54 Å². The topological polar surface area (TPSA) is 58.2 Å². The molecule has 0 saturated carbocycles. The quantitative estimate of drug-likeness (QED) is 0.668. The molecule has 0 radical (unpaired) electrons. The number of nitrogens with one attached hydrogen (secondary N) is 2. The van der Waals surface area contributed by atoms with Crippen molar-refractivity contribution in [2.24, 2.45) is 0 Å². The highest BCUT2D eigenvalue weighted by Gasteiger charge is 2.10. The van der Waals surface area contributed by atoms with Crippen LogP contribution in [0.3, 0.4) is 0 Å². The van der Waals surface area contributed by atoms with Gasteiger partial charge in [-0.05, 0) is 48.9 Å². The summed E-state index contributed by atoms with van der Waals surface area (Å²) in [5.41, 5.74) is 3.68. The fraction of sp³-hybridized carbons (Fsp3) is 0.0909. The van der Waals surface area contributed by atoms with Gasteiger partial charge in [0, 0.05) is 17.7 Å². The number of benzene rings is 3. The summed E-state index contributed by atoms with van der Waals surface area (Å²) >= 11 is 6.05. The Morgan fingerprint density at radius 1 is 0.852 bits per heavy atom. The largest absolute Gasteiger partial charge is 0.348 e. The van der Waals surface area contributed by atoms with Crippen molar-refractivity contribution in [3.8, 4) is 0 Å². The summed E-state index contributed by atoms with van der Waals surface area (Å²) in [4.78, 5) is 24.6.